The standard InChI is InChI=1S/C12H20O3Si/c1-11-5-7-12(8-6-11)9-10-16(13-2,14-3)15-4/h5-8H,9-10H2,1-4H3. The van der Waals surface area contributed by atoms with Crippen LogP contribution in [0.2, 0.25) is 6.04 Å². The molecule has 0 saturated heterocycles. The molecule has 0 aromatic heterocycles. The summed E-state index contributed by atoms with van der Waals surface area (Å²) < 4.78 is 16.1. The molecular formula is C12H20O3Si. The molecule has 16 heavy (non-hydrogen) atoms. The van der Waals surface area contributed by atoms with Gasteiger partial charge in [0.05, 0.1) is 0 Å². The lowest BCUT2D eigenvalue weighted by Gasteiger charge is -2.24. The first-order valence-electron chi connectivity index (χ1n) is 5.37. The SMILES string of the molecule is CO[Si](CCc1ccc(C)cc1)(OC)OC. The molecule has 3 nitrogen and oxygen atoms in total. The first kappa shape index (κ1) is 13.4. The fourth-order valence-electron chi connectivity index (χ4n) is 1.61. The number of hydrogen-bond donors (Lipinski definition) is 0. The van der Waals surface area contributed by atoms with E-state index in [1.54, 1.807) is 21.3 Å². The zero-order valence-electron chi connectivity index (χ0n) is 10.4. The minimum atomic E-state index is -2.41. The minimum Gasteiger partial charge on any atom is -0.377 e. The van der Waals surface area contributed by atoms with Gasteiger partial charge in [-0.25, -0.2) is 0 Å². The van der Waals surface area contributed by atoms with E-state index in [2.05, 4.69) is 31.2 Å². The monoisotopic (exact) mass is 240 g/mol. The van der Waals surface area contributed by atoms with E-state index in [0.29, 0.717) is 0 Å². The van der Waals surface area contributed by atoms with Crippen LogP contribution in [0.25, 0.3) is 0 Å². The van der Waals surface area contributed by atoms with Crippen molar-refractivity contribution >= 4 is 8.80 Å². The summed E-state index contributed by atoms with van der Waals surface area (Å²) in [6, 6.07) is 9.31. The Bertz CT molecular complexity index is 298. The van der Waals surface area contributed by atoms with E-state index in [4.69, 9.17) is 13.3 Å². The molecule has 90 valence electrons. The fraction of sp³-hybridized carbons (Fsp3) is 0.500. The topological polar surface area (TPSA) is 27.7 Å². The van der Waals surface area contributed by atoms with Crippen LogP contribution in [0.4, 0.5) is 0 Å². The Kier molecular flexibility index (Phi) is 5.14. The summed E-state index contributed by atoms with van der Waals surface area (Å²) >= 11 is 0. The zero-order valence-corrected chi connectivity index (χ0v) is 11.4. The third kappa shape index (κ3) is 3.42. The second kappa shape index (κ2) is 6.15. The Labute approximate surface area is 98.7 Å². The van der Waals surface area contributed by atoms with E-state index >= 15 is 0 Å². The van der Waals surface area contributed by atoms with E-state index in [9.17, 15) is 0 Å². The van der Waals surface area contributed by atoms with Crippen molar-refractivity contribution in [2.24, 2.45) is 0 Å². The third-order valence-corrected chi connectivity index (χ3v) is 5.50. The lowest BCUT2D eigenvalue weighted by molar-refractivity contribution is 0.123. The largest absolute Gasteiger partial charge is 0.500 e. The lowest BCUT2D eigenvalue weighted by atomic mass is 10.1. The van der Waals surface area contributed by atoms with Crippen LogP contribution in [0.1, 0.15) is 11.1 Å². The summed E-state index contributed by atoms with van der Waals surface area (Å²) in [5.41, 5.74) is 2.56. The minimum absolute atomic E-state index is 0.805. The predicted molar refractivity (Wildman–Crippen MR) is 66.5 cm³/mol. The maximum atomic E-state index is 5.38. The van der Waals surface area contributed by atoms with Crippen molar-refractivity contribution in [3.05, 3.63) is 35.4 Å². The Morgan fingerprint density at radius 1 is 0.938 bits per heavy atom. The summed E-state index contributed by atoms with van der Waals surface area (Å²) in [6.45, 7) is 2.09. The van der Waals surface area contributed by atoms with Gasteiger partial charge in [0.15, 0.2) is 0 Å². The molecule has 4 heteroatoms. The van der Waals surface area contributed by atoms with E-state index in [0.717, 1.165) is 12.5 Å². The van der Waals surface area contributed by atoms with E-state index in [-0.39, 0.29) is 0 Å². The molecule has 0 bridgehead atoms. The fourth-order valence-corrected chi connectivity index (χ4v) is 3.32. The summed E-state index contributed by atoms with van der Waals surface area (Å²) in [5.74, 6) is 0. The van der Waals surface area contributed by atoms with Crippen molar-refractivity contribution in [1.82, 2.24) is 0 Å². The van der Waals surface area contributed by atoms with Crippen LogP contribution < -0.4 is 0 Å². The molecule has 0 radical (unpaired) electrons. The maximum Gasteiger partial charge on any atom is 0.500 e. The summed E-state index contributed by atoms with van der Waals surface area (Å²) in [6.07, 6.45) is 0.919. The van der Waals surface area contributed by atoms with Gasteiger partial charge in [-0.2, -0.15) is 0 Å². The summed E-state index contributed by atoms with van der Waals surface area (Å²) in [5, 5.41) is 0. The highest BCUT2D eigenvalue weighted by atomic mass is 28.4. The van der Waals surface area contributed by atoms with Gasteiger partial charge >= 0.3 is 8.80 Å². The van der Waals surface area contributed by atoms with Gasteiger partial charge in [0.25, 0.3) is 0 Å². The number of benzene rings is 1. The Morgan fingerprint density at radius 2 is 1.44 bits per heavy atom. The highest BCUT2D eigenvalue weighted by Crippen LogP contribution is 2.16. The summed E-state index contributed by atoms with van der Waals surface area (Å²) in [7, 11) is 2.53. The van der Waals surface area contributed by atoms with Gasteiger partial charge < -0.3 is 13.3 Å². The molecule has 1 aromatic carbocycles. The first-order valence-corrected chi connectivity index (χ1v) is 7.30. The van der Waals surface area contributed by atoms with Crippen LogP contribution in [0.5, 0.6) is 0 Å². The average molecular weight is 240 g/mol. The smallest absolute Gasteiger partial charge is 0.377 e. The van der Waals surface area contributed by atoms with Crippen LogP contribution in [0.15, 0.2) is 24.3 Å². The molecule has 0 aliphatic rings. The molecule has 0 amide bonds. The van der Waals surface area contributed by atoms with Crippen LogP contribution in [-0.2, 0) is 19.7 Å². The molecule has 0 fully saturated rings. The molecule has 0 spiro atoms. The van der Waals surface area contributed by atoms with Crippen LogP contribution in [-0.4, -0.2) is 30.1 Å². The molecule has 0 atom stereocenters. The van der Waals surface area contributed by atoms with Gasteiger partial charge in [-0.1, -0.05) is 29.8 Å². The van der Waals surface area contributed by atoms with E-state index in [1.807, 2.05) is 0 Å². The van der Waals surface area contributed by atoms with Gasteiger partial charge in [-0.3, -0.25) is 0 Å². The molecular weight excluding hydrogens is 220 g/mol. The second-order valence-electron chi connectivity index (χ2n) is 3.78. The summed E-state index contributed by atoms with van der Waals surface area (Å²) in [4.78, 5) is 0. The molecule has 0 heterocycles. The highest BCUT2D eigenvalue weighted by Gasteiger charge is 2.36. The van der Waals surface area contributed by atoms with Gasteiger partial charge in [0, 0.05) is 27.4 Å². The lowest BCUT2D eigenvalue weighted by Crippen LogP contribution is -2.43. The maximum absolute atomic E-state index is 5.38. The Hall–Kier alpha value is -0.683. The molecule has 0 saturated carbocycles. The Balaban J connectivity index is 2.58. The normalized spacial score (nSPS) is 11.8. The third-order valence-electron chi connectivity index (χ3n) is 2.77. The van der Waals surface area contributed by atoms with E-state index in [1.165, 1.54) is 11.1 Å². The van der Waals surface area contributed by atoms with Crippen molar-refractivity contribution in [3.8, 4) is 0 Å². The number of hydrogen-bond acceptors (Lipinski definition) is 3. The van der Waals surface area contributed by atoms with Gasteiger partial charge in [0.2, 0.25) is 0 Å². The molecule has 0 aliphatic heterocycles. The molecule has 0 aliphatic carbocycles. The van der Waals surface area contributed by atoms with Crippen LogP contribution in [0, 0.1) is 6.92 Å². The van der Waals surface area contributed by atoms with Crippen molar-refractivity contribution < 1.29 is 13.3 Å². The predicted octanol–water partition coefficient (Wildman–Crippen LogP) is 2.42. The van der Waals surface area contributed by atoms with E-state index < -0.39 is 8.80 Å². The van der Waals surface area contributed by atoms with Gasteiger partial charge in [-0.05, 0) is 18.9 Å². The van der Waals surface area contributed by atoms with Crippen molar-refractivity contribution in [2.75, 3.05) is 21.3 Å². The van der Waals surface area contributed by atoms with Crippen LogP contribution >= 0.6 is 0 Å². The van der Waals surface area contributed by atoms with Crippen molar-refractivity contribution in [1.29, 1.82) is 0 Å². The second-order valence-corrected chi connectivity index (χ2v) is 6.87. The quantitative estimate of drug-likeness (QED) is 0.715. The first-order chi connectivity index (χ1) is 7.65. The number of aryl methyl sites for hydroxylation is 2. The molecule has 1 aromatic rings. The number of rotatable bonds is 6. The molecule has 1 rings (SSSR count). The average Bonchev–Trinajstić information content (AvgIpc) is 2.34. The molecule has 0 unspecified atom stereocenters. The van der Waals surface area contributed by atoms with Crippen molar-refractivity contribution in [2.45, 2.75) is 19.4 Å². The highest BCUT2D eigenvalue weighted by molar-refractivity contribution is 6.60. The molecule has 0 N–H and O–H groups in total. The zero-order chi connectivity index (χ0) is 12.0. The van der Waals surface area contributed by atoms with Gasteiger partial charge in [-0.15, -0.1) is 0 Å². The van der Waals surface area contributed by atoms with Crippen LogP contribution in [0.3, 0.4) is 0 Å². The van der Waals surface area contributed by atoms with Gasteiger partial charge in [0.1, 0.15) is 0 Å². The Morgan fingerprint density at radius 3 is 1.88 bits per heavy atom. The van der Waals surface area contributed by atoms with Crippen molar-refractivity contribution in [3.63, 3.8) is 0 Å².